The largest absolute Gasteiger partial charge is 0.378 e. The third-order valence-corrected chi connectivity index (χ3v) is 4.56. The second kappa shape index (κ2) is 6.89. The van der Waals surface area contributed by atoms with E-state index >= 15 is 0 Å². The molecule has 3 rings (SSSR count). The maximum atomic E-state index is 12.1. The molecule has 22 heavy (non-hydrogen) atoms. The summed E-state index contributed by atoms with van der Waals surface area (Å²) in [5, 5.41) is 2.96. The molecule has 1 N–H and O–H groups in total. The zero-order valence-electron chi connectivity index (χ0n) is 12.5. The molecule has 1 aliphatic rings. The van der Waals surface area contributed by atoms with Crippen molar-refractivity contribution in [3.63, 3.8) is 0 Å². The number of morpholine rings is 1. The fraction of sp³-hybridized carbons (Fsp3) is 0.375. The number of anilines is 1. The molecule has 0 aromatic carbocycles. The van der Waals surface area contributed by atoms with Gasteiger partial charge in [0.25, 0.3) is 5.91 Å². The molecule has 0 bridgehead atoms. The highest BCUT2D eigenvalue weighted by Gasteiger charge is 2.13. The van der Waals surface area contributed by atoms with Crippen LogP contribution in [0.1, 0.15) is 20.1 Å². The Labute approximate surface area is 133 Å². The lowest BCUT2D eigenvalue weighted by Gasteiger charge is -2.28. The Kier molecular flexibility index (Phi) is 4.70. The number of aromatic nitrogens is 1. The number of thiophene rings is 1. The number of pyridine rings is 1. The zero-order chi connectivity index (χ0) is 15.4. The van der Waals surface area contributed by atoms with E-state index in [1.807, 2.05) is 31.2 Å². The second-order valence-electron chi connectivity index (χ2n) is 5.21. The average molecular weight is 317 g/mol. The van der Waals surface area contributed by atoms with Crippen molar-refractivity contribution in [1.29, 1.82) is 0 Å². The van der Waals surface area contributed by atoms with E-state index in [4.69, 9.17) is 4.74 Å². The van der Waals surface area contributed by atoms with Gasteiger partial charge in [-0.25, -0.2) is 4.98 Å². The van der Waals surface area contributed by atoms with Gasteiger partial charge in [-0.1, -0.05) is 0 Å². The van der Waals surface area contributed by atoms with Gasteiger partial charge in [-0.15, -0.1) is 11.3 Å². The van der Waals surface area contributed by atoms with Gasteiger partial charge < -0.3 is 15.0 Å². The van der Waals surface area contributed by atoms with Gasteiger partial charge in [-0.05, 0) is 36.8 Å². The number of carbonyl (C=O) groups is 1. The van der Waals surface area contributed by atoms with Crippen LogP contribution in [0.5, 0.6) is 0 Å². The van der Waals surface area contributed by atoms with Gasteiger partial charge in [-0.3, -0.25) is 4.79 Å². The number of hydrogen-bond acceptors (Lipinski definition) is 5. The molecule has 0 atom stereocenters. The van der Waals surface area contributed by atoms with E-state index < -0.39 is 0 Å². The number of nitrogens with zero attached hydrogens (tertiary/aromatic N) is 2. The SMILES string of the molecule is Cc1ccc(C(=O)NCc2ccnc(N3CCOCC3)c2)s1. The monoisotopic (exact) mass is 317 g/mol. The molecule has 5 nitrogen and oxygen atoms in total. The quantitative estimate of drug-likeness (QED) is 0.939. The van der Waals surface area contributed by atoms with Crippen molar-refractivity contribution in [1.82, 2.24) is 10.3 Å². The molecule has 116 valence electrons. The topological polar surface area (TPSA) is 54.5 Å². The van der Waals surface area contributed by atoms with Crippen molar-refractivity contribution in [3.8, 4) is 0 Å². The molecule has 3 heterocycles. The summed E-state index contributed by atoms with van der Waals surface area (Å²) >= 11 is 1.51. The summed E-state index contributed by atoms with van der Waals surface area (Å²) in [7, 11) is 0. The van der Waals surface area contributed by atoms with Crippen LogP contribution in [0.3, 0.4) is 0 Å². The summed E-state index contributed by atoms with van der Waals surface area (Å²) in [6.07, 6.45) is 1.79. The first-order valence-corrected chi connectivity index (χ1v) is 8.16. The van der Waals surface area contributed by atoms with Crippen molar-refractivity contribution in [3.05, 3.63) is 45.8 Å². The molecular weight excluding hydrogens is 298 g/mol. The standard InChI is InChI=1S/C16H19N3O2S/c1-12-2-3-14(22-12)16(20)18-11-13-4-5-17-15(10-13)19-6-8-21-9-7-19/h2-5,10H,6-9,11H2,1H3,(H,18,20). The summed E-state index contributed by atoms with van der Waals surface area (Å²) in [5.41, 5.74) is 1.05. The Morgan fingerprint density at radius 2 is 2.18 bits per heavy atom. The molecule has 0 unspecified atom stereocenters. The van der Waals surface area contributed by atoms with Crippen LogP contribution in [-0.4, -0.2) is 37.2 Å². The van der Waals surface area contributed by atoms with Gasteiger partial charge >= 0.3 is 0 Å². The van der Waals surface area contributed by atoms with Crippen molar-refractivity contribution < 1.29 is 9.53 Å². The maximum absolute atomic E-state index is 12.1. The Morgan fingerprint density at radius 3 is 2.91 bits per heavy atom. The predicted octanol–water partition coefficient (Wildman–Crippen LogP) is 2.22. The van der Waals surface area contributed by atoms with Crippen molar-refractivity contribution in [2.45, 2.75) is 13.5 Å². The molecule has 2 aromatic rings. The van der Waals surface area contributed by atoms with E-state index in [-0.39, 0.29) is 5.91 Å². The molecule has 1 amide bonds. The first kappa shape index (κ1) is 15.0. The smallest absolute Gasteiger partial charge is 0.261 e. The Hall–Kier alpha value is -1.92. The molecule has 0 saturated carbocycles. The van der Waals surface area contributed by atoms with Gasteiger partial charge in [-0.2, -0.15) is 0 Å². The van der Waals surface area contributed by atoms with Crippen LogP contribution >= 0.6 is 11.3 Å². The van der Waals surface area contributed by atoms with Crippen LogP contribution in [0.2, 0.25) is 0 Å². The maximum Gasteiger partial charge on any atom is 0.261 e. The second-order valence-corrected chi connectivity index (χ2v) is 6.50. The van der Waals surface area contributed by atoms with E-state index in [1.54, 1.807) is 6.20 Å². The minimum absolute atomic E-state index is 0.0252. The van der Waals surface area contributed by atoms with Crippen molar-refractivity contribution >= 4 is 23.1 Å². The Balaban J connectivity index is 1.61. The van der Waals surface area contributed by atoms with Gasteiger partial charge in [0.15, 0.2) is 0 Å². The molecule has 0 radical (unpaired) electrons. The first-order chi connectivity index (χ1) is 10.7. The third-order valence-electron chi connectivity index (χ3n) is 3.56. The highest BCUT2D eigenvalue weighted by molar-refractivity contribution is 7.13. The van der Waals surface area contributed by atoms with Gasteiger partial charge in [0.2, 0.25) is 0 Å². The summed E-state index contributed by atoms with van der Waals surface area (Å²) in [6, 6.07) is 7.79. The minimum Gasteiger partial charge on any atom is -0.378 e. The highest BCUT2D eigenvalue weighted by atomic mass is 32.1. The molecule has 2 aromatic heterocycles. The molecule has 0 spiro atoms. The molecule has 0 aliphatic carbocycles. The molecule has 1 fully saturated rings. The molecular formula is C16H19N3O2S. The summed E-state index contributed by atoms with van der Waals surface area (Å²) in [4.78, 5) is 20.6. The molecule has 6 heteroatoms. The van der Waals surface area contributed by atoms with Crippen molar-refractivity contribution in [2.24, 2.45) is 0 Å². The number of hydrogen-bond donors (Lipinski definition) is 1. The zero-order valence-corrected chi connectivity index (χ0v) is 13.4. The molecule has 1 aliphatic heterocycles. The summed E-state index contributed by atoms with van der Waals surface area (Å²) < 4.78 is 5.36. The van der Waals surface area contributed by atoms with Crippen LogP contribution in [0.25, 0.3) is 0 Å². The predicted molar refractivity (Wildman–Crippen MR) is 87.5 cm³/mol. The Bertz CT molecular complexity index is 650. The van der Waals surface area contributed by atoms with Crippen LogP contribution in [0, 0.1) is 6.92 Å². The van der Waals surface area contributed by atoms with E-state index in [1.165, 1.54) is 11.3 Å². The van der Waals surface area contributed by atoms with Gasteiger partial charge in [0.05, 0.1) is 18.1 Å². The van der Waals surface area contributed by atoms with Gasteiger partial charge in [0, 0.05) is 30.7 Å². The summed E-state index contributed by atoms with van der Waals surface area (Å²) in [5.74, 6) is 0.921. The lowest BCUT2D eigenvalue weighted by atomic mass is 10.2. The number of rotatable bonds is 4. The third kappa shape index (κ3) is 3.64. The molecule has 1 saturated heterocycles. The average Bonchev–Trinajstić information content (AvgIpc) is 3.00. The summed E-state index contributed by atoms with van der Waals surface area (Å²) in [6.45, 7) is 5.70. The number of ether oxygens (including phenoxy) is 1. The van der Waals surface area contributed by atoms with Crippen LogP contribution in [0.15, 0.2) is 30.5 Å². The van der Waals surface area contributed by atoms with Crippen LogP contribution in [0.4, 0.5) is 5.82 Å². The Morgan fingerprint density at radius 1 is 1.36 bits per heavy atom. The van der Waals surface area contributed by atoms with E-state index in [0.29, 0.717) is 6.54 Å². The lowest BCUT2D eigenvalue weighted by molar-refractivity contribution is 0.0955. The van der Waals surface area contributed by atoms with E-state index in [2.05, 4.69) is 15.2 Å². The van der Waals surface area contributed by atoms with E-state index in [9.17, 15) is 4.79 Å². The number of nitrogens with one attached hydrogen (secondary N) is 1. The lowest BCUT2D eigenvalue weighted by Crippen LogP contribution is -2.36. The highest BCUT2D eigenvalue weighted by Crippen LogP contribution is 2.16. The fourth-order valence-corrected chi connectivity index (χ4v) is 3.15. The van der Waals surface area contributed by atoms with Gasteiger partial charge in [0.1, 0.15) is 5.82 Å². The minimum atomic E-state index is -0.0252. The van der Waals surface area contributed by atoms with Crippen LogP contribution in [-0.2, 0) is 11.3 Å². The number of amides is 1. The van der Waals surface area contributed by atoms with E-state index in [0.717, 1.165) is 47.4 Å². The normalized spacial score (nSPS) is 14.9. The van der Waals surface area contributed by atoms with Crippen LogP contribution < -0.4 is 10.2 Å². The number of carbonyl (C=O) groups excluding carboxylic acids is 1. The first-order valence-electron chi connectivity index (χ1n) is 7.34. The fourth-order valence-electron chi connectivity index (χ4n) is 2.36. The number of aryl methyl sites for hydroxylation is 1. The van der Waals surface area contributed by atoms with Crippen molar-refractivity contribution in [2.75, 3.05) is 31.2 Å².